The second-order valence-corrected chi connectivity index (χ2v) is 5.28. The number of alkyl halides is 1. The highest BCUT2D eigenvalue weighted by Gasteiger charge is 2.26. The molecule has 1 aromatic carbocycles. The summed E-state index contributed by atoms with van der Waals surface area (Å²) in [5.74, 6) is 0. The lowest BCUT2D eigenvalue weighted by Gasteiger charge is -2.30. The second-order valence-electron chi connectivity index (χ2n) is 4.10. The Morgan fingerprint density at radius 2 is 2.18 bits per heavy atom. The molecule has 0 aliphatic carbocycles. The van der Waals surface area contributed by atoms with Gasteiger partial charge in [0.05, 0.1) is 4.83 Å². The Morgan fingerprint density at radius 3 is 2.82 bits per heavy atom. The van der Waals surface area contributed by atoms with Gasteiger partial charge in [-0.2, -0.15) is 0 Å². The maximum absolute atomic E-state index is 5.95. The predicted octanol–water partition coefficient (Wildman–Crippen LogP) is 3.83. The van der Waals surface area contributed by atoms with Gasteiger partial charge in [0.25, 0.3) is 0 Å². The van der Waals surface area contributed by atoms with Gasteiger partial charge < -0.3 is 9.47 Å². The van der Waals surface area contributed by atoms with Crippen LogP contribution in [-0.2, 0) is 9.47 Å². The fourth-order valence-corrected chi connectivity index (χ4v) is 2.50. The minimum atomic E-state index is -0.188. The monoisotopic (exact) mass is 296 g/mol. The highest BCUT2D eigenvalue weighted by molar-refractivity contribution is 9.09. The van der Waals surface area contributed by atoms with E-state index in [-0.39, 0.29) is 17.2 Å². The summed E-state index contributed by atoms with van der Waals surface area (Å²) in [6, 6.07) is 10.1. The first kappa shape index (κ1) is 12.8. The molecule has 2 nitrogen and oxygen atoms in total. The van der Waals surface area contributed by atoms with Gasteiger partial charge in [-0.15, -0.1) is 6.58 Å². The maximum Gasteiger partial charge on any atom is 0.171 e. The zero-order chi connectivity index (χ0) is 12.1. The molecular weight excluding hydrogens is 280 g/mol. The van der Waals surface area contributed by atoms with Crippen molar-refractivity contribution in [3.8, 4) is 0 Å². The van der Waals surface area contributed by atoms with E-state index in [0.717, 1.165) is 25.0 Å². The molecule has 1 unspecified atom stereocenters. The highest BCUT2D eigenvalue weighted by Crippen LogP contribution is 2.28. The van der Waals surface area contributed by atoms with Crippen molar-refractivity contribution in [3.63, 3.8) is 0 Å². The lowest BCUT2D eigenvalue weighted by atomic mass is 10.1. The molecule has 0 saturated carbocycles. The molecule has 1 saturated heterocycles. The molecule has 3 atom stereocenters. The zero-order valence-corrected chi connectivity index (χ0v) is 11.3. The Hall–Kier alpha value is -0.640. The van der Waals surface area contributed by atoms with Crippen LogP contribution in [0.4, 0.5) is 0 Å². The molecule has 1 aliphatic rings. The molecule has 0 spiro atoms. The quantitative estimate of drug-likeness (QED) is 0.621. The number of ether oxygens (including phenoxy) is 2. The van der Waals surface area contributed by atoms with Crippen LogP contribution < -0.4 is 0 Å². The Balaban J connectivity index is 2.02. The largest absolute Gasteiger partial charge is 0.351 e. The van der Waals surface area contributed by atoms with Crippen molar-refractivity contribution in [1.82, 2.24) is 0 Å². The molecule has 0 radical (unpaired) electrons. The van der Waals surface area contributed by atoms with Gasteiger partial charge in [0, 0.05) is 6.61 Å². The highest BCUT2D eigenvalue weighted by atomic mass is 79.9. The maximum atomic E-state index is 5.95. The first-order valence-electron chi connectivity index (χ1n) is 5.90. The molecule has 1 aromatic rings. The number of hydrogen-bond donors (Lipinski definition) is 0. The molecule has 92 valence electrons. The molecule has 0 N–H and O–H groups in total. The number of benzene rings is 1. The Labute approximate surface area is 111 Å². The van der Waals surface area contributed by atoms with E-state index >= 15 is 0 Å². The predicted molar refractivity (Wildman–Crippen MR) is 72.2 cm³/mol. The van der Waals surface area contributed by atoms with Crippen LogP contribution in [0, 0.1) is 0 Å². The number of rotatable bonds is 4. The molecule has 1 fully saturated rings. The van der Waals surface area contributed by atoms with Crippen molar-refractivity contribution >= 4 is 15.9 Å². The van der Waals surface area contributed by atoms with Crippen LogP contribution in [0.1, 0.15) is 24.5 Å². The summed E-state index contributed by atoms with van der Waals surface area (Å²) in [4.78, 5) is 0.266. The molecule has 3 heteroatoms. The molecule has 1 aliphatic heterocycles. The van der Waals surface area contributed by atoms with Crippen LogP contribution in [-0.4, -0.2) is 17.7 Å². The van der Waals surface area contributed by atoms with Crippen molar-refractivity contribution in [2.24, 2.45) is 0 Å². The molecular formula is C14H17BrO2. The summed E-state index contributed by atoms with van der Waals surface area (Å²) in [6.07, 6.45) is 3.68. The van der Waals surface area contributed by atoms with Gasteiger partial charge in [-0.05, 0) is 18.4 Å². The third-order valence-electron chi connectivity index (χ3n) is 2.82. The van der Waals surface area contributed by atoms with Crippen molar-refractivity contribution in [3.05, 3.63) is 48.6 Å². The molecule has 0 amide bonds. The van der Waals surface area contributed by atoms with Crippen LogP contribution in [0.2, 0.25) is 0 Å². The van der Waals surface area contributed by atoms with E-state index < -0.39 is 0 Å². The van der Waals surface area contributed by atoms with Crippen molar-refractivity contribution in [2.45, 2.75) is 30.1 Å². The fraction of sp³-hybridized carbons (Fsp3) is 0.429. The van der Waals surface area contributed by atoms with Gasteiger partial charge in [-0.25, -0.2) is 0 Å². The van der Waals surface area contributed by atoms with Gasteiger partial charge in [0.1, 0.15) is 6.10 Å². The molecule has 0 bridgehead atoms. The van der Waals surface area contributed by atoms with E-state index in [1.54, 1.807) is 0 Å². The molecule has 2 rings (SSSR count). The summed E-state index contributed by atoms with van der Waals surface area (Å²) < 4.78 is 11.6. The third-order valence-corrected chi connectivity index (χ3v) is 3.71. The van der Waals surface area contributed by atoms with Crippen LogP contribution in [0.3, 0.4) is 0 Å². The third kappa shape index (κ3) is 3.41. The standard InChI is InChI=1S/C14H17BrO2/c1-2-13(11-7-4-3-5-8-11)17-14-12(15)9-6-10-16-14/h2-5,7-8,12-14H,1,6,9-10H2/t12-,13?,14+/m1/s1. The SMILES string of the molecule is C=CC(O[C@@H]1OCCC[C@H]1Br)c1ccccc1. The summed E-state index contributed by atoms with van der Waals surface area (Å²) in [7, 11) is 0. The minimum absolute atomic E-state index is 0.112. The Morgan fingerprint density at radius 1 is 1.41 bits per heavy atom. The number of hydrogen-bond acceptors (Lipinski definition) is 2. The fourth-order valence-electron chi connectivity index (χ4n) is 1.90. The number of halogens is 1. The summed E-state index contributed by atoms with van der Waals surface area (Å²) >= 11 is 3.60. The summed E-state index contributed by atoms with van der Waals surface area (Å²) in [5, 5.41) is 0. The molecule has 17 heavy (non-hydrogen) atoms. The van der Waals surface area contributed by atoms with Gasteiger partial charge in [0.2, 0.25) is 0 Å². The van der Waals surface area contributed by atoms with Gasteiger partial charge in [-0.3, -0.25) is 0 Å². The van der Waals surface area contributed by atoms with Crippen LogP contribution >= 0.6 is 15.9 Å². The zero-order valence-electron chi connectivity index (χ0n) is 9.72. The summed E-state index contributed by atoms with van der Waals surface area (Å²) in [6.45, 7) is 4.60. The van der Waals surface area contributed by atoms with E-state index in [0.29, 0.717) is 0 Å². The first-order valence-corrected chi connectivity index (χ1v) is 6.81. The van der Waals surface area contributed by atoms with Gasteiger partial charge in [0.15, 0.2) is 6.29 Å². The second kappa shape index (κ2) is 6.34. The van der Waals surface area contributed by atoms with Gasteiger partial charge in [-0.1, -0.05) is 52.3 Å². The average Bonchev–Trinajstić information content (AvgIpc) is 2.39. The average molecular weight is 297 g/mol. The minimum Gasteiger partial charge on any atom is -0.351 e. The van der Waals surface area contributed by atoms with Crippen LogP contribution in [0.25, 0.3) is 0 Å². The van der Waals surface area contributed by atoms with E-state index in [2.05, 4.69) is 22.5 Å². The van der Waals surface area contributed by atoms with E-state index in [1.807, 2.05) is 36.4 Å². The van der Waals surface area contributed by atoms with Gasteiger partial charge >= 0.3 is 0 Å². The molecule has 0 aromatic heterocycles. The lowest BCUT2D eigenvalue weighted by molar-refractivity contribution is -0.174. The van der Waals surface area contributed by atoms with Crippen LogP contribution in [0.5, 0.6) is 0 Å². The van der Waals surface area contributed by atoms with Crippen molar-refractivity contribution in [1.29, 1.82) is 0 Å². The van der Waals surface area contributed by atoms with Crippen molar-refractivity contribution < 1.29 is 9.47 Å². The van der Waals surface area contributed by atoms with E-state index in [1.165, 1.54) is 0 Å². The van der Waals surface area contributed by atoms with E-state index in [4.69, 9.17) is 9.47 Å². The molecule has 1 heterocycles. The first-order chi connectivity index (χ1) is 8.31. The topological polar surface area (TPSA) is 18.5 Å². The van der Waals surface area contributed by atoms with E-state index in [9.17, 15) is 0 Å². The normalized spacial score (nSPS) is 26.4. The lowest BCUT2D eigenvalue weighted by Crippen LogP contribution is -2.33. The Kier molecular flexibility index (Phi) is 4.77. The van der Waals surface area contributed by atoms with Crippen molar-refractivity contribution in [2.75, 3.05) is 6.61 Å². The smallest absolute Gasteiger partial charge is 0.171 e. The Bertz CT molecular complexity index is 352. The summed E-state index contributed by atoms with van der Waals surface area (Å²) in [5.41, 5.74) is 1.11. The van der Waals surface area contributed by atoms with Crippen LogP contribution in [0.15, 0.2) is 43.0 Å².